The zero-order valence-corrected chi connectivity index (χ0v) is 48.6. The molecule has 0 rings (SSSR count). The lowest BCUT2D eigenvalue weighted by molar-refractivity contribution is -0.870. The van der Waals surface area contributed by atoms with Gasteiger partial charge in [-0.15, -0.1) is 0 Å². The normalized spacial score (nSPS) is 13.7. The largest absolute Gasteiger partial charge is 0.472 e. The molecule has 0 fully saturated rings. The number of carbonyl (C=O) groups is 1. The number of ether oxygens (including phenoxy) is 2. The van der Waals surface area contributed by atoms with Gasteiger partial charge < -0.3 is 18.9 Å². The summed E-state index contributed by atoms with van der Waals surface area (Å²) in [6, 6.07) is 0. The molecule has 2 unspecified atom stereocenters. The first-order valence-electron chi connectivity index (χ1n) is 30.4. The van der Waals surface area contributed by atoms with Crippen LogP contribution in [0.5, 0.6) is 0 Å². The van der Waals surface area contributed by atoms with Crippen LogP contribution in [0.2, 0.25) is 0 Å². The van der Waals surface area contributed by atoms with Crippen molar-refractivity contribution < 1.29 is 37.3 Å². The minimum absolute atomic E-state index is 0.0869. The summed E-state index contributed by atoms with van der Waals surface area (Å²) in [5.74, 6) is -0.317. The number of unbranched alkanes of at least 4 members (excludes halogenated alkanes) is 35. The molecular formula is C62H119NO7P+. The lowest BCUT2D eigenvalue weighted by Crippen LogP contribution is -2.37. The highest BCUT2D eigenvalue weighted by Crippen LogP contribution is 2.43. The Balaban J connectivity index is 4.05. The van der Waals surface area contributed by atoms with Crippen molar-refractivity contribution in [2.24, 2.45) is 0 Å². The van der Waals surface area contributed by atoms with Crippen molar-refractivity contribution in [2.45, 2.75) is 290 Å². The van der Waals surface area contributed by atoms with E-state index in [2.05, 4.69) is 62.5 Å². The van der Waals surface area contributed by atoms with Crippen molar-refractivity contribution in [3.63, 3.8) is 0 Å². The molecule has 0 amide bonds. The van der Waals surface area contributed by atoms with E-state index in [4.69, 9.17) is 18.5 Å². The van der Waals surface area contributed by atoms with Gasteiger partial charge in [0.05, 0.1) is 34.4 Å². The molecule has 0 saturated heterocycles. The van der Waals surface area contributed by atoms with Crippen LogP contribution in [-0.4, -0.2) is 75.6 Å². The molecule has 0 spiro atoms. The van der Waals surface area contributed by atoms with Gasteiger partial charge in [0, 0.05) is 13.0 Å². The van der Waals surface area contributed by atoms with Crippen LogP contribution in [-0.2, 0) is 27.9 Å². The van der Waals surface area contributed by atoms with Crippen LogP contribution in [0.4, 0.5) is 0 Å². The molecular weight excluding hydrogens is 902 g/mol. The van der Waals surface area contributed by atoms with Gasteiger partial charge in [-0.2, -0.15) is 0 Å². The fraction of sp³-hybridized carbons (Fsp3) is 0.855. The van der Waals surface area contributed by atoms with Crippen LogP contribution in [0, 0.1) is 0 Å². The number of phosphoric acid groups is 1. The maximum Gasteiger partial charge on any atom is 0.472 e. The Morgan fingerprint density at radius 2 is 0.775 bits per heavy atom. The molecule has 8 nitrogen and oxygen atoms in total. The van der Waals surface area contributed by atoms with E-state index in [-0.39, 0.29) is 25.8 Å². The summed E-state index contributed by atoms with van der Waals surface area (Å²) in [7, 11) is 1.67. The van der Waals surface area contributed by atoms with Crippen LogP contribution in [0.15, 0.2) is 48.6 Å². The maximum absolute atomic E-state index is 12.8. The van der Waals surface area contributed by atoms with Crippen molar-refractivity contribution in [3.8, 4) is 0 Å². The number of likely N-dealkylation sites (N-methyl/N-ethyl adjacent to an activating group) is 1. The van der Waals surface area contributed by atoms with Crippen molar-refractivity contribution in [1.29, 1.82) is 0 Å². The summed E-state index contributed by atoms with van der Waals surface area (Å²) in [6.07, 6.45) is 70.4. The van der Waals surface area contributed by atoms with E-state index in [1.165, 1.54) is 212 Å². The van der Waals surface area contributed by atoms with Crippen LogP contribution in [0.3, 0.4) is 0 Å². The van der Waals surface area contributed by atoms with Gasteiger partial charge in [-0.1, -0.05) is 249 Å². The third-order valence-corrected chi connectivity index (χ3v) is 14.3. The zero-order valence-electron chi connectivity index (χ0n) is 47.7. The van der Waals surface area contributed by atoms with Gasteiger partial charge in [0.2, 0.25) is 0 Å². The lowest BCUT2D eigenvalue weighted by Gasteiger charge is -2.24. The number of quaternary nitrogens is 1. The molecule has 0 aromatic carbocycles. The van der Waals surface area contributed by atoms with E-state index in [0.717, 1.165) is 51.4 Å². The molecule has 418 valence electrons. The predicted molar refractivity (Wildman–Crippen MR) is 307 cm³/mol. The number of nitrogens with zero attached hydrogens (tertiary/aromatic N) is 1. The van der Waals surface area contributed by atoms with Gasteiger partial charge in [-0.3, -0.25) is 13.8 Å². The van der Waals surface area contributed by atoms with E-state index in [1.807, 2.05) is 21.1 Å². The first-order valence-corrected chi connectivity index (χ1v) is 31.9. The first kappa shape index (κ1) is 69.5. The lowest BCUT2D eigenvalue weighted by atomic mass is 10.0. The van der Waals surface area contributed by atoms with Crippen molar-refractivity contribution in [2.75, 3.05) is 54.1 Å². The average Bonchev–Trinajstić information content (AvgIpc) is 3.33. The SMILES string of the molecule is CCCCCCC/C=C\C/C=C\C/C=C\CCCCCCCCCCC(=O)OC(COCCCCCCCCCCCCCCCC/C=C\CCCCCCCCCC)COP(=O)(O)OCC[N+](C)(C)C. The van der Waals surface area contributed by atoms with Crippen molar-refractivity contribution >= 4 is 13.8 Å². The van der Waals surface area contributed by atoms with Gasteiger partial charge >= 0.3 is 13.8 Å². The van der Waals surface area contributed by atoms with Gasteiger partial charge in [0.25, 0.3) is 0 Å². The van der Waals surface area contributed by atoms with E-state index in [0.29, 0.717) is 24.1 Å². The standard InChI is InChI=1S/C62H118NO7P/c1-6-8-10-12-14-16-18-20-22-24-26-28-30-31-32-34-36-38-40-42-44-46-48-50-52-54-57-67-59-61(60-69-71(65,66)68-58-56-63(3,4)5)70-62(64)55-53-51-49-47-45-43-41-39-37-35-33-29-27-25-23-21-19-17-15-13-11-9-7-2/h19,21,24-27,33,35,61H,6-18,20,22-23,28-32,34,36-60H2,1-5H3/p+1/b21-19-,26-24-,27-25-,35-33-. The molecule has 0 aliphatic rings. The number of esters is 1. The number of carbonyl (C=O) groups excluding carboxylic acids is 1. The van der Waals surface area contributed by atoms with Crippen LogP contribution >= 0.6 is 7.82 Å². The Labute approximate surface area is 441 Å². The first-order chi connectivity index (χ1) is 34.6. The van der Waals surface area contributed by atoms with Crippen LogP contribution in [0.25, 0.3) is 0 Å². The Kier molecular flexibility index (Phi) is 53.5. The highest BCUT2D eigenvalue weighted by molar-refractivity contribution is 7.47. The number of hydrogen-bond acceptors (Lipinski definition) is 6. The minimum Gasteiger partial charge on any atom is -0.457 e. The number of rotatable bonds is 57. The Morgan fingerprint density at radius 3 is 1.17 bits per heavy atom. The van der Waals surface area contributed by atoms with E-state index >= 15 is 0 Å². The summed E-state index contributed by atoms with van der Waals surface area (Å²) < 4.78 is 35.3. The zero-order chi connectivity index (χ0) is 51.9. The summed E-state index contributed by atoms with van der Waals surface area (Å²) >= 11 is 0. The summed E-state index contributed by atoms with van der Waals surface area (Å²) in [5, 5.41) is 0. The molecule has 0 bridgehead atoms. The highest BCUT2D eigenvalue weighted by Gasteiger charge is 2.26. The summed E-state index contributed by atoms with van der Waals surface area (Å²) in [5.41, 5.74) is 0. The topological polar surface area (TPSA) is 91.3 Å². The van der Waals surface area contributed by atoms with Crippen LogP contribution < -0.4 is 0 Å². The maximum atomic E-state index is 12.8. The fourth-order valence-electron chi connectivity index (χ4n) is 8.68. The Bertz CT molecular complexity index is 1280. The molecule has 0 radical (unpaired) electrons. The van der Waals surface area contributed by atoms with Crippen molar-refractivity contribution in [3.05, 3.63) is 48.6 Å². The molecule has 0 saturated carbocycles. The molecule has 0 aliphatic carbocycles. The second-order valence-corrected chi connectivity index (χ2v) is 23.2. The quantitative estimate of drug-likeness (QED) is 0.0213. The molecule has 0 aromatic heterocycles. The Hall–Kier alpha value is -1.54. The van der Waals surface area contributed by atoms with E-state index in [1.54, 1.807) is 0 Å². The van der Waals surface area contributed by atoms with Gasteiger partial charge in [0.1, 0.15) is 19.3 Å². The number of phosphoric ester groups is 1. The minimum atomic E-state index is -4.29. The smallest absolute Gasteiger partial charge is 0.457 e. The molecule has 71 heavy (non-hydrogen) atoms. The van der Waals surface area contributed by atoms with Crippen LogP contribution in [0.1, 0.15) is 284 Å². The summed E-state index contributed by atoms with van der Waals surface area (Å²) in [6.45, 7) is 5.65. The Morgan fingerprint density at radius 1 is 0.437 bits per heavy atom. The highest BCUT2D eigenvalue weighted by atomic mass is 31.2. The molecule has 2 atom stereocenters. The van der Waals surface area contributed by atoms with Gasteiger partial charge in [0.15, 0.2) is 0 Å². The van der Waals surface area contributed by atoms with Gasteiger partial charge in [-0.25, -0.2) is 4.57 Å². The summed E-state index contributed by atoms with van der Waals surface area (Å²) in [4.78, 5) is 23.1. The molecule has 0 aliphatic heterocycles. The number of hydrogen-bond donors (Lipinski definition) is 1. The second kappa shape index (κ2) is 54.7. The monoisotopic (exact) mass is 1020 g/mol. The van der Waals surface area contributed by atoms with Crippen molar-refractivity contribution in [1.82, 2.24) is 0 Å². The third kappa shape index (κ3) is 59.2. The van der Waals surface area contributed by atoms with E-state index in [9.17, 15) is 14.3 Å². The average molecular weight is 1020 g/mol. The fourth-order valence-corrected chi connectivity index (χ4v) is 9.42. The predicted octanol–water partition coefficient (Wildman–Crippen LogP) is 19.4. The van der Waals surface area contributed by atoms with E-state index < -0.39 is 13.9 Å². The molecule has 9 heteroatoms. The third-order valence-electron chi connectivity index (χ3n) is 13.4. The number of allylic oxidation sites excluding steroid dienone is 8. The van der Waals surface area contributed by atoms with Gasteiger partial charge in [-0.05, 0) is 77.0 Å². The molecule has 1 N–H and O–H groups in total. The molecule has 0 aromatic rings. The molecule has 0 heterocycles. The second-order valence-electron chi connectivity index (χ2n) is 21.7.